The summed E-state index contributed by atoms with van der Waals surface area (Å²) in [6, 6.07) is 0. The zero-order valence-electron chi connectivity index (χ0n) is 7.80. The van der Waals surface area contributed by atoms with Crippen LogP contribution in [0.25, 0.3) is 0 Å². The van der Waals surface area contributed by atoms with Crippen LogP contribution in [-0.2, 0) is 0 Å². The Morgan fingerprint density at radius 3 is 2.09 bits per heavy atom. The molecule has 11 heavy (non-hydrogen) atoms. The van der Waals surface area contributed by atoms with E-state index in [1.807, 2.05) is 0 Å². The Morgan fingerprint density at radius 2 is 1.82 bits per heavy atom. The Kier molecular flexibility index (Phi) is 1.54. The zero-order valence-corrected chi connectivity index (χ0v) is 8.80. The summed E-state index contributed by atoms with van der Waals surface area (Å²) < 4.78 is 0. The zero-order chi connectivity index (χ0) is 8.06. The van der Waals surface area contributed by atoms with E-state index in [9.17, 15) is 0 Å². The van der Waals surface area contributed by atoms with Crippen molar-refractivity contribution in [3.8, 4) is 0 Å². The molecule has 2 aliphatic rings. The van der Waals surface area contributed by atoms with Gasteiger partial charge in [-0.1, -0.05) is 31.8 Å². The highest BCUT2D eigenvalue weighted by Crippen LogP contribution is 2.51. The molecule has 2 bridgehead atoms. The SMILES string of the molecule is C[Si](C)(C)C1CC2C=CC1C2. The second-order valence-electron chi connectivity index (χ2n) is 5.25. The van der Waals surface area contributed by atoms with Crippen molar-refractivity contribution in [2.45, 2.75) is 38.0 Å². The molecule has 2 rings (SSSR count). The lowest BCUT2D eigenvalue weighted by Gasteiger charge is -2.30. The van der Waals surface area contributed by atoms with Crippen LogP contribution in [0.2, 0.25) is 25.2 Å². The number of rotatable bonds is 1. The molecule has 0 heterocycles. The largest absolute Gasteiger partial charge is 0.0851 e. The normalized spacial score (nSPS) is 41.9. The van der Waals surface area contributed by atoms with Gasteiger partial charge >= 0.3 is 0 Å². The van der Waals surface area contributed by atoms with E-state index >= 15 is 0 Å². The van der Waals surface area contributed by atoms with E-state index in [-0.39, 0.29) is 0 Å². The van der Waals surface area contributed by atoms with E-state index in [1.165, 1.54) is 12.8 Å². The number of fused-ring (bicyclic) bond motifs is 2. The fourth-order valence-corrected chi connectivity index (χ4v) is 5.32. The second kappa shape index (κ2) is 2.22. The minimum Gasteiger partial charge on any atom is -0.0851 e. The highest BCUT2D eigenvalue weighted by molar-refractivity contribution is 6.77. The standard InChI is InChI=1S/C10H18Si/c1-11(2,3)10-7-8-4-5-9(10)6-8/h4-5,8-10H,6-7H2,1-3H3. The van der Waals surface area contributed by atoms with E-state index in [0.29, 0.717) is 0 Å². The van der Waals surface area contributed by atoms with Gasteiger partial charge in [0, 0.05) is 8.07 Å². The highest BCUT2D eigenvalue weighted by Gasteiger charge is 2.42. The van der Waals surface area contributed by atoms with E-state index in [2.05, 4.69) is 31.8 Å². The molecular weight excluding hydrogens is 148 g/mol. The Balaban J connectivity index is 2.15. The number of hydrogen-bond acceptors (Lipinski definition) is 0. The fraction of sp³-hybridized carbons (Fsp3) is 0.800. The first-order chi connectivity index (χ1) is 5.07. The van der Waals surface area contributed by atoms with Gasteiger partial charge in [-0.05, 0) is 30.2 Å². The van der Waals surface area contributed by atoms with Gasteiger partial charge in [0.2, 0.25) is 0 Å². The van der Waals surface area contributed by atoms with Crippen LogP contribution in [0, 0.1) is 11.8 Å². The van der Waals surface area contributed by atoms with Gasteiger partial charge in [-0.25, -0.2) is 0 Å². The van der Waals surface area contributed by atoms with Crippen LogP contribution in [0.15, 0.2) is 12.2 Å². The molecule has 0 amide bonds. The molecule has 0 spiro atoms. The van der Waals surface area contributed by atoms with E-state index in [1.54, 1.807) is 0 Å². The molecule has 1 saturated carbocycles. The first-order valence-electron chi connectivity index (χ1n) is 4.76. The molecule has 0 saturated heterocycles. The minimum absolute atomic E-state index is 0.829. The van der Waals surface area contributed by atoms with Crippen molar-refractivity contribution in [3.05, 3.63) is 12.2 Å². The van der Waals surface area contributed by atoms with E-state index in [4.69, 9.17) is 0 Å². The van der Waals surface area contributed by atoms with Gasteiger partial charge in [0.25, 0.3) is 0 Å². The van der Waals surface area contributed by atoms with Gasteiger partial charge in [-0.2, -0.15) is 0 Å². The molecule has 0 N–H and O–H groups in total. The first kappa shape index (κ1) is 7.60. The van der Waals surface area contributed by atoms with Gasteiger partial charge in [-0.3, -0.25) is 0 Å². The summed E-state index contributed by atoms with van der Waals surface area (Å²) in [6.45, 7) is 7.56. The Bertz CT molecular complexity index is 188. The smallest absolute Gasteiger partial charge is 0.0479 e. The third-order valence-electron chi connectivity index (χ3n) is 3.39. The topological polar surface area (TPSA) is 0 Å². The van der Waals surface area contributed by atoms with Gasteiger partial charge in [0.15, 0.2) is 0 Å². The van der Waals surface area contributed by atoms with Crippen LogP contribution in [0.4, 0.5) is 0 Å². The third kappa shape index (κ3) is 1.20. The molecule has 62 valence electrons. The molecule has 1 heteroatoms. The number of hydrogen-bond donors (Lipinski definition) is 0. The Labute approximate surface area is 70.7 Å². The quantitative estimate of drug-likeness (QED) is 0.414. The van der Waals surface area contributed by atoms with Gasteiger partial charge in [0.1, 0.15) is 0 Å². The molecule has 3 unspecified atom stereocenters. The molecule has 0 aromatic rings. The van der Waals surface area contributed by atoms with E-state index in [0.717, 1.165) is 17.4 Å². The third-order valence-corrected chi connectivity index (χ3v) is 6.28. The van der Waals surface area contributed by atoms with Crippen molar-refractivity contribution in [1.82, 2.24) is 0 Å². The average Bonchev–Trinajstić information content (AvgIpc) is 2.42. The Morgan fingerprint density at radius 1 is 1.09 bits per heavy atom. The summed E-state index contributed by atoms with van der Waals surface area (Å²) in [5.74, 6) is 1.95. The molecule has 0 radical (unpaired) electrons. The maximum atomic E-state index is 2.52. The lowest BCUT2D eigenvalue weighted by atomic mass is 10.1. The van der Waals surface area contributed by atoms with Crippen molar-refractivity contribution in [2.75, 3.05) is 0 Å². The average molecular weight is 166 g/mol. The summed E-state index contributed by atoms with van der Waals surface area (Å²) in [4.78, 5) is 0. The molecule has 3 atom stereocenters. The minimum atomic E-state index is -0.829. The maximum absolute atomic E-state index is 2.52. The fourth-order valence-electron chi connectivity index (χ4n) is 2.78. The van der Waals surface area contributed by atoms with Crippen molar-refractivity contribution >= 4 is 8.07 Å². The van der Waals surface area contributed by atoms with Crippen molar-refractivity contribution in [2.24, 2.45) is 11.8 Å². The molecule has 0 aromatic carbocycles. The van der Waals surface area contributed by atoms with Crippen molar-refractivity contribution in [1.29, 1.82) is 0 Å². The van der Waals surface area contributed by atoms with E-state index < -0.39 is 8.07 Å². The van der Waals surface area contributed by atoms with Crippen LogP contribution in [0.3, 0.4) is 0 Å². The second-order valence-corrected chi connectivity index (χ2v) is 10.7. The molecule has 0 aliphatic heterocycles. The summed E-state index contributed by atoms with van der Waals surface area (Å²) in [6.07, 6.45) is 7.92. The van der Waals surface area contributed by atoms with Crippen LogP contribution in [0.1, 0.15) is 12.8 Å². The number of allylic oxidation sites excluding steroid dienone is 2. The summed E-state index contributed by atoms with van der Waals surface area (Å²) in [5.41, 5.74) is 1.09. The molecular formula is C10H18Si. The van der Waals surface area contributed by atoms with Crippen LogP contribution >= 0.6 is 0 Å². The molecule has 0 nitrogen and oxygen atoms in total. The monoisotopic (exact) mass is 166 g/mol. The molecule has 2 aliphatic carbocycles. The lowest BCUT2D eigenvalue weighted by molar-refractivity contribution is 0.675. The first-order valence-corrected chi connectivity index (χ1v) is 8.33. The molecule has 0 aromatic heterocycles. The summed E-state index contributed by atoms with van der Waals surface area (Å²) in [5, 5.41) is 0. The van der Waals surface area contributed by atoms with Gasteiger partial charge < -0.3 is 0 Å². The predicted octanol–water partition coefficient (Wildman–Crippen LogP) is 3.29. The Hall–Kier alpha value is -0.0431. The lowest BCUT2D eigenvalue weighted by Crippen LogP contribution is -2.30. The maximum Gasteiger partial charge on any atom is 0.0479 e. The van der Waals surface area contributed by atoms with Gasteiger partial charge in [-0.15, -0.1) is 0 Å². The van der Waals surface area contributed by atoms with Crippen molar-refractivity contribution < 1.29 is 0 Å². The highest BCUT2D eigenvalue weighted by atomic mass is 28.3. The predicted molar refractivity (Wildman–Crippen MR) is 52.5 cm³/mol. The van der Waals surface area contributed by atoms with Crippen molar-refractivity contribution in [3.63, 3.8) is 0 Å². The summed E-state index contributed by atoms with van der Waals surface area (Å²) >= 11 is 0. The van der Waals surface area contributed by atoms with Gasteiger partial charge in [0.05, 0.1) is 0 Å². The summed E-state index contributed by atoms with van der Waals surface area (Å²) in [7, 11) is -0.829. The molecule has 1 fully saturated rings. The van der Waals surface area contributed by atoms with Crippen LogP contribution in [0.5, 0.6) is 0 Å². The van der Waals surface area contributed by atoms with Crippen LogP contribution in [-0.4, -0.2) is 8.07 Å². The van der Waals surface area contributed by atoms with Crippen LogP contribution < -0.4 is 0 Å².